The van der Waals surface area contributed by atoms with E-state index in [1.54, 1.807) is 30.3 Å². The Morgan fingerprint density at radius 2 is 1.92 bits per heavy atom. The van der Waals surface area contributed by atoms with Crippen LogP contribution in [0, 0.1) is 0 Å². The number of halogens is 1. The summed E-state index contributed by atoms with van der Waals surface area (Å²) < 4.78 is 33.5. The van der Waals surface area contributed by atoms with Crippen LogP contribution in [-0.2, 0) is 33.2 Å². The summed E-state index contributed by atoms with van der Waals surface area (Å²) in [6.07, 6.45) is 4.25. The molecule has 1 fully saturated rings. The number of ether oxygens (including phenoxy) is 1. The summed E-state index contributed by atoms with van der Waals surface area (Å²) in [6.45, 7) is 0.562. The first kappa shape index (κ1) is 17.0. The Morgan fingerprint density at radius 3 is 2.64 bits per heavy atom. The van der Waals surface area contributed by atoms with Crippen LogP contribution in [0.4, 0.5) is 0 Å². The van der Waals surface area contributed by atoms with E-state index in [-0.39, 0.29) is 6.54 Å². The van der Waals surface area contributed by atoms with Crippen molar-refractivity contribution < 1.29 is 13.2 Å². The average Bonchev–Trinajstić information content (AvgIpc) is 3.41. The SMILES string of the molecule is O=S(=O)(NCC1(c2cccc(Cl)n2)CO1)c1ccc2c(c1)CCCC2. The summed E-state index contributed by atoms with van der Waals surface area (Å²) >= 11 is 5.93. The molecule has 2 aliphatic rings. The fourth-order valence-corrected chi connectivity index (χ4v) is 4.56. The molecule has 1 saturated heterocycles. The molecule has 1 N–H and O–H groups in total. The molecule has 1 aromatic carbocycles. The summed E-state index contributed by atoms with van der Waals surface area (Å²) in [5, 5.41) is 0.366. The van der Waals surface area contributed by atoms with E-state index < -0.39 is 15.6 Å². The van der Waals surface area contributed by atoms with Gasteiger partial charge < -0.3 is 4.74 Å². The maximum absolute atomic E-state index is 12.7. The number of benzene rings is 1. The molecule has 0 saturated carbocycles. The fraction of sp³-hybridized carbons (Fsp3) is 0.389. The molecule has 0 amide bonds. The van der Waals surface area contributed by atoms with Gasteiger partial charge in [-0.05, 0) is 61.1 Å². The van der Waals surface area contributed by atoms with Crippen molar-refractivity contribution in [2.24, 2.45) is 0 Å². The highest BCUT2D eigenvalue weighted by atomic mass is 35.5. The van der Waals surface area contributed by atoms with Crippen molar-refractivity contribution in [3.63, 3.8) is 0 Å². The molecule has 2 heterocycles. The van der Waals surface area contributed by atoms with Gasteiger partial charge in [0.25, 0.3) is 0 Å². The molecule has 1 atom stereocenters. The monoisotopic (exact) mass is 378 g/mol. The van der Waals surface area contributed by atoms with E-state index >= 15 is 0 Å². The van der Waals surface area contributed by atoms with Crippen LogP contribution in [0.1, 0.15) is 29.7 Å². The van der Waals surface area contributed by atoms with Gasteiger partial charge in [0.15, 0.2) is 0 Å². The van der Waals surface area contributed by atoms with Gasteiger partial charge in [0.05, 0.1) is 17.2 Å². The highest BCUT2D eigenvalue weighted by Gasteiger charge is 2.48. The van der Waals surface area contributed by atoms with E-state index in [9.17, 15) is 8.42 Å². The van der Waals surface area contributed by atoms with E-state index in [0.717, 1.165) is 24.8 Å². The smallest absolute Gasteiger partial charge is 0.240 e. The van der Waals surface area contributed by atoms with Crippen molar-refractivity contribution in [2.45, 2.75) is 36.2 Å². The van der Waals surface area contributed by atoms with Crippen LogP contribution in [-0.4, -0.2) is 26.6 Å². The number of aryl methyl sites for hydroxylation is 2. The minimum Gasteiger partial charge on any atom is -0.361 e. The Morgan fingerprint density at radius 1 is 1.16 bits per heavy atom. The topological polar surface area (TPSA) is 71.6 Å². The molecular weight excluding hydrogens is 360 g/mol. The third-order valence-electron chi connectivity index (χ3n) is 4.85. The van der Waals surface area contributed by atoms with Gasteiger partial charge in [0, 0.05) is 6.54 Å². The van der Waals surface area contributed by atoms with Crippen molar-refractivity contribution in [2.75, 3.05) is 13.2 Å². The molecule has 132 valence electrons. The van der Waals surface area contributed by atoms with Crippen molar-refractivity contribution in [1.29, 1.82) is 0 Å². The van der Waals surface area contributed by atoms with Crippen LogP contribution in [0.25, 0.3) is 0 Å². The lowest BCUT2D eigenvalue weighted by Crippen LogP contribution is -2.33. The van der Waals surface area contributed by atoms with Crippen LogP contribution in [0.15, 0.2) is 41.3 Å². The molecule has 1 unspecified atom stereocenters. The number of pyridine rings is 1. The molecule has 25 heavy (non-hydrogen) atoms. The third kappa shape index (κ3) is 3.44. The molecule has 2 aromatic rings. The van der Waals surface area contributed by atoms with Crippen molar-refractivity contribution in [3.05, 3.63) is 58.4 Å². The van der Waals surface area contributed by atoms with Crippen molar-refractivity contribution in [1.82, 2.24) is 9.71 Å². The van der Waals surface area contributed by atoms with E-state index in [1.165, 1.54) is 12.0 Å². The number of hydrogen-bond donors (Lipinski definition) is 1. The molecule has 0 radical (unpaired) electrons. The predicted octanol–water partition coefficient (Wildman–Crippen LogP) is 2.82. The summed E-state index contributed by atoms with van der Waals surface area (Å²) in [6, 6.07) is 10.7. The van der Waals surface area contributed by atoms with Crippen molar-refractivity contribution in [3.8, 4) is 0 Å². The van der Waals surface area contributed by atoms with Crippen molar-refractivity contribution >= 4 is 21.6 Å². The van der Waals surface area contributed by atoms with Crippen LogP contribution in [0.3, 0.4) is 0 Å². The first-order valence-corrected chi connectivity index (χ1v) is 10.2. The number of sulfonamides is 1. The zero-order valence-corrected chi connectivity index (χ0v) is 15.2. The average molecular weight is 379 g/mol. The first-order valence-electron chi connectivity index (χ1n) is 8.37. The van der Waals surface area contributed by atoms with E-state index in [4.69, 9.17) is 16.3 Å². The number of nitrogens with zero attached hydrogens (tertiary/aromatic N) is 1. The molecule has 7 heteroatoms. The largest absolute Gasteiger partial charge is 0.361 e. The fourth-order valence-electron chi connectivity index (χ4n) is 3.26. The maximum atomic E-state index is 12.7. The lowest BCUT2D eigenvalue weighted by molar-refractivity contribution is 0.302. The highest BCUT2D eigenvalue weighted by Crippen LogP contribution is 2.37. The number of nitrogens with one attached hydrogen (secondary N) is 1. The predicted molar refractivity (Wildman–Crippen MR) is 95.1 cm³/mol. The first-order chi connectivity index (χ1) is 12.0. The molecule has 4 rings (SSSR count). The summed E-state index contributed by atoms with van der Waals surface area (Å²) in [5.41, 5.74) is 2.33. The number of epoxide rings is 1. The summed E-state index contributed by atoms with van der Waals surface area (Å²) in [7, 11) is -3.60. The van der Waals surface area contributed by atoms with Gasteiger partial charge in [0.1, 0.15) is 10.8 Å². The molecule has 1 aliphatic carbocycles. The number of hydrogen-bond acceptors (Lipinski definition) is 4. The minimum atomic E-state index is -3.60. The molecule has 1 aromatic heterocycles. The molecule has 1 aliphatic heterocycles. The van der Waals surface area contributed by atoms with Gasteiger partial charge in [0.2, 0.25) is 10.0 Å². The second kappa shape index (κ2) is 6.36. The third-order valence-corrected chi connectivity index (χ3v) is 6.46. The summed E-state index contributed by atoms with van der Waals surface area (Å²) in [5.74, 6) is 0. The van der Waals surface area contributed by atoms with E-state index in [0.29, 0.717) is 22.3 Å². The van der Waals surface area contributed by atoms with Crippen LogP contribution in [0.2, 0.25) is 5.15 Å². The lowest BCUT2D eigenvalue weighted by Gasteiger charge is -2.17. The van der Waals surface area contributed by atoms with Gasteiger partial charge in [-0.15, -0.1) is 0 Å². The lowest BCUT2D eigenvalue weighted by atomic mass is 9.92. The standard InChI is InChI=1S/C18H19ClN2O3S/c19-17-7-3-6-16(21-17)18(12-24-18)11-20-25(22,23)15-9-8-13-4-1-2-5-14(13)10-15/h3,6-10,20H,1-2,4-5,11-12H2. The van der Waals surface area contributed by atoms with Crippen LogP contribution >= 0.6 is 11.6 Å². The summed E-state index contributed by atoms with van der Waals surface area (Å²) in [4.78, 5) is 4.55. The number of fused-ring (bicyclic) bond motifs is 1. The maximum Gasteiger partial charge on any atom is 0.240 e. The second-order valence-corrected chi connectivity index (χ2v) is 8.74. The molecule has 0 spiro atoms. The van der Waals surface area contributed by atoms with E-state index in [2.05, 4.69) is 9.71 Å². The van der Waals surface area contributed by atoms with Gasteiger partial charge in [-0.3, -0.25) is 0 Å². The normalized spacial score (nSPS) is 22.4. The van der Waals surface area contributed by atoms with Gasteiger partial charge in [-0.1, -0.05) is 23.7 Å². The Hall–Kier alpha value is -1.47. The highest BCUT2D eigenvalue weighted by molar-refractivity contribution is 7.89. The zero-order valence-electron chi connectivity index (χ0n) is 13.7. The molecule has 0 bridgehead atoms. The number of rotatable bonds is 5. The van der Waals surface area contributed by atoms with E-state index in [1.807, 2.05) is 6.07 Å². The second-order valence-electron chi connectivity index (χ2n) is 6.59. The minimum absolute atomic E-state index is 0.139. The van der Waals surface area contributed by atoms with Gasteiger partial charge in [-0.2, -0.15) is 0 Å². The Bertz CT molecular complexity index is 910. The van der Waals surface area contributed by atoms with Gasteiger partial charge >= 0.3 is 0 Å². The Kier molecular flexibility index (Phi) is 4.32. The number of aromatic nitrogens is 1. The Labute approximate surface area is 152 Å². The van der Waals surface area contributed by atoms with Gasteiger partial charge in [-0.25, -0.2) is 18.1 Å². The van der Waals surface area contributed by atoms with Crippen LogP contribution in [0.5, 0.6) is 0 Å². The quantitative estimate of drug-likeness (QED) is 0.641. The Balaban J connectivity index is 1.52. The van der Waals surface area contributed by atoms with Crippen LogP contribution < -0.4 is 4.72 Å². The zero-order chi connectivity index (χ0) is 17.5. The molecule has 5 nitrogen and oxygen atoms in total. The molecular formula is C18H19ClN2O3S.